The van der Waals surface area contributed by atoms with Crippen molar-refractivity contribution in [3.05, 3.63) is 44.6 Å². The Kier molecular flexibility index (Phi) is 3.84. The van der Waals surface area contributed by atoms with Crippen LogP contribution in [0.1, 0.15) is 43.2 Å². The van der Waals surface area contributed by atoms with Crippen molar-refractivity contribution in [2.75, 3.05) is 0 Å². The van der Waals surface area contributed by atoms with Gasteiger partial charge >= 0.3 is 0 Å². The van der Waals surface area contributed by atoms with Crippen LogP contribution in [-0.2, 0) is 5.41 Å². The van der Waals surface area contributed by atoms with Crippen molar-refractivity contribution in [2.45, 2.75) is 32.2 Å². The first kappa shape index (κ1) is 13.6. The highest BCUT2D eigenvalue weighted by atomic mass is 79.9. The van der Waals surface area contributed by atoms with Gasteiger partial charge in [0.05, 0.1) is 17.4 Å². The summed E-state index contributed by atoms with van der Waals surface area (Å²) in [6.45, 7) is 6.44. The molecule has 18 heavy (non-hydrogen) atoms. The van der Waals surface area contributed by atoms with E-state index in [0.29, 0.717) is 0 Å². The Morgan fingerprint density at radius 1 is 1.33 bits per heavy atom. The van der Waals surface area contributed by atoms with E-state index in [1.165, 1.54) is 0 Å². The summed E-state index contributed by atoms with van der Waals surface area (Å²) in [6, 6.07) is 3.62. The Morgan fingerprint density at radius 2 is 2.06 bits per heavy atom. The Morgan fingerprint density at radius 3 is 2.56 bits per heavy atom. The van der Waals surface area contributed by atoms with Gasteiger partial charge in [-0.3, -0.25) is 4.98 Å². The molecular weight excluding hydrogens is 310 g/mol. The maximum Gasteiger partial charge on any atom is 0.116 e. The molecule has 0 fully saturated rings. The number of hydrogen-bond acceptors (Lipinski definition) is 4. The summed E-state index contributed by atoms with van der Waals surface area (Å²) >= 11 is 4.96. The maximum absolute atomic E-state index is 6.19. The summed E-state index contributed by atoms with van der Waals surface area (Å²) in [5.74, 6) is 0. The minimum absolute atomic E-state index is 0.0572. The third-order valence-corrected chi connectivity index (χ3v) is 4.02. The smallest absolute Gasteiger partial charge is 0.116 e. The second kappa shape index (κ2) is 5.07. The second-order valence-corrected chi connectivity index (χ2v) is 7.01. The van der Waals surface area contributed by atoms with Crippen molar-refractivity contribution in [3.63, 3.8) is 0 Å². The van der Waals surface area contributed by atoms with Crippen LogP contribution in [0.2, 0.25) is 0 Å². The van der Waals surface area contributed by atoms with E-state index in [1.807, 2.05) is 12.1 Å². The Labute approximate surface area is 120 Å². The van der Waals surface area contributed by atoms with E-state index in [4.69, 9.17) is 5.73 Å². The van der Waals surface area contributed by atoms with Gasteiger partial charge in [0.1, 0.15) is 5.01 Å². The molecule has 0 aliphatic rings. The van der Waals surface area contributed by atoms with E-state index in [1.54, 1.807) is 17.5 Å². The normalized spacial score (nSPS) is 13.6. The zero-order valence-corrected chi connectivity index (χ0v) is 13.0. The molecule has 0 radical (unpaired) electrons. The summed E-state index contributed by atoms with van der Waals surface area (Å²) in [4.78, 5) is 8.94. The average molecular weight is 326 g/mol. The van der Waals surface area contributed by atoms with Gasteiger partial charge in [-0.2, -0.15) is 0 Å². The van der Waals surface area contributed by atoms with Crippen LogP contribution in [-0.4, -0.2) is 9.97 Å². The summed E-state index contributed by atoms with van der Waals surface area (Å²) in [5.41, 5.74) is 8.17. The van der Waals surface area contributed by atoms with Gasteiger partial charge in [-0.25, -0.2) is 4.98 Å². The summed E-state index contributed by atoms with van der Waals surface area (Å²) < 4.78 is 0.952. The van der Waals surface area contributed by atoms with Crippen LogP contribution in [0.5, 0.6) is 0 Å². The molecule has 0 aliphatic carbocycles. The Hall–Kier alpha value is -0.780. The molecule has 0 spiro atoms. The molecular formula is C13H16BrN3S. The molecule has 96 valence electrons. The lowest BCUT2D eigenvalue weighted by Crippen LogP contribution is -2.15. The molecule has 0 aromatic carbocycles. The van der Waals surface area contributed by atoms with Crippen molar-refractivity contribution in [1.82, 2.24) is 9.97 Å². The maximum atomic E-state index is 6.19. The van der Waals surface area contributed by atoms with E-state index in [2.05, 4.69) is 52.0 Å². The molecule has 3 nitrogen and oxygen atoms in total. The largest absolute Gasteiger partial charge is 0.317 e. The van der Waals surface area contributed by atoms with Crippen molar-refractivity contribution in [2.24, 2.45) is 5.73 Å². The Balaban J connectivity index is 2.26. The summed E-state index contributed by atoms with van der Waals surface area (Å²) in [5, 5.41) is 2.99. The number of halogens is 1. The fraction of sp³-hybridized carbons (Fsp3) is 0.385. The van der Waals surface area contributed by atoms with Gasteiger partial charge in [-0.1, -0.05) is 20.8 Å². The molecule has 2 heterocycles. The zero-order chi connectivity index (χ0) is 13.3. The topological polar surface area (TPSA) is 51.8 Å². The van der Waals surface area contributed by atoms with Crippen molar-refractivity contribution < 1.29 is 0 Å². The molecule has 0 aliphatic heterocycles. The van der Waals surface area contributed by atoms with Crippen LogP contribution in [0.25, 0.3) is 0 Å². The van der Waals surface area contributed by atoms with E-state index < -0.39 is 0 Å². The molecule has 2 aromatic heterocycles. The minimum atomic E-state index is -0.251. The molecule has 1 unspecified atom stereocenters. The second-order valence-electron chi connectivity index (χ2n) is 5.20. The van der Waals surface area contributed by atoms with Crippen LogP contribution in [0.4, 0.5) is 0 Å². The fourth-order valence-corrected chi connectivity index (χ4v) is 2.76. The lowest BCUT2D eigenvalue weighted by Gasteiger charge is -2.14. The van der Waals surface area contributed by atoms with Crippen molar-refractivity contribution in [3.8, 4) is 0 Å². The van der Waals surface area contributed by atoms with Crippen LogP contribution in [0.15, 0.2) is 28.2 Å². The number of pyridine rings is 1. The molecule has 0 saturated heterocycles. The summed E-state index contributed by atoms with van der Waals surface area (Å²) in [6.07, 6.45) is 1.76. The minimum Gasteiger partial charge on any atom is -0.317 e. The van der Waals surface area contributed by atoms with E-state index in [9.17, 15) is 0 Å². The first-order chi connectivity index (χ1) is 8.38. The highest BCUT2D eigenvalue weighted by Gasteiger charge is 2.20. The number of nitrogens with two attached hydrogens (primary N) is 1. The lowest BCUT2D eigenvalue weighted by molar-refractivity contribution is 0.569. The molecule has 2 aromatic rings. The third-order valence-electron chi connectivity index (χ3n) is 2.63. The van der Waals surface area contributed by atoms with Gasteiger partial charge in [0.2, 0.25) is 0 Å². The van der Waals surface area contributed by atoms with Gasteiger partial charge in [0.25, 0.3) is 0 Å². The van der Waals surface area contributed by atoms with E-state index in [-0.39, 0.29) is 11.5 Å². The van der Waals surface area contributed by atoms with E-state index in [0.717, 1.165) is 20.9 Å². The summed E-state index contributed by atoms with van der Waals surface area (Å²) in [7, 11) is 0. The number of hydrogen-bond donors (Lipinski definition) is 1. The van der Waals surface area contributed by atoms with E-state index >= 15 is 0 Å². The average Bonchev–Trinajstić information content (AvgIpc) is 2.78. The van der Waals surface area contributed by atoms with Gasteiger partial charge in [0, 0.05) is 21.5 Å². The molecule has 2 N–H and O–H groups in total. The first-order valence-corrected chi connectivity index (χ1v) is 7.38. The standard InChI is InChI=1S/C13H16BrN3S/c1-13(2,3)10-7-18-12(17-10)11(15)9-5-4-8(14)6-16-9/h4-7,11H,15H2,1-3H3. The fourth-order valence-electron chi connectivity index (χ4n) is 1.47. The number of rotatable bonds is 2. The first-order valence-electron chi connectivity index (χ1n) is 5.71. The van der Waals surface area contributed by atoms with Crippen molar-refractivity contribution >= 4 is 27.3 Å². The molecule has 5 heteroatoms. The quantitative estimate of drug-likeness (QED) is 0.916. The van der Waals surface area contributed by atoms with Crippen LogP contribution in [0, 0.1) is 0 Å². The van der Waals surface area contributed by atoms with Gasteiger partial charge in [0.15, 0.2) is 0 Å². The number of thiazole rings is 1. The monoisotopic (exact) mass is 325 g/mol. The predicted octanol–water partition coefficient (Wildman–Crippen LogP) is 3.65. The molecule has 2 rings (SSSR count). The van der Waals surface area contributed by atoms with Gasteiger partial charge < -0.3 is 5.73 Å². The molecule has 0 bridgehead atoms. The van der Waals surface area contributed by atoms with Crippen LogP contribution < -0.4 is 5.73 Å². The Bertz CT molecular complexity index is 528. The van der Waals surface area contributed by atoms with Crippen LogP contribution in [0.3, 0.4) is 0 Å². The predicted molar refractivity (Wildman–Crippen MR) is 78.8 cm³/mol. The SMILES string of the molecule is CC(C)(C)c1csc(C(N)c2ccc(Br)cn2)n1. The highest BCUT2D eigenvalue weighted by Crippen LogP contribution is 2.28. The van der Waals surface area contributed by atoms with Gasteiger partial charge in [-0.15, -0.1) is 11.3 Å². The molecule has 0 amide bonds. The lowest BCUT2D eigenvalue weighted by atomic mass is 9.93. The van der Waals surface area contributed by atoms with Crippen LogP contribution >= 0.6 is 27.3 Å². The number of aromatic nitrogens is 2. The zero-order valence-electron chi connectivity index (χ0n) is 10.6. The molecule has 0 saturated carbocycles. The third kappa shape index (κ3) is 2.96. The number of nitrogens with zero attached hydrogens (tertiary/aromatic N) is 2. The van der Waals surface area contributed by atoms with Gasteiger partial charge in [-0.05, 0) is 28.1 Å². The molecule has 1 atom stereocenters. The highest BCUT2D eigenvalue weighted by molar-refractivity contribution is 9.10. The van der Waals surface area contributed by atoms with Crippen molar-refractivity contribution in [1.29, 1.82) is 0 Å².